The van der Waals surface area contributed by atoms with Gasteiger partial charge in [-0.3, -0.25) is 4.79 Å². The quantitative estimate of drug-likeness (QED) is 0.470. The van der Waals surface area contributed by atoms with Gasteiger partial charge in [-0.2, -0.15) is 0 Å². The number of hydrogen-bond donors (Lipinski definition) is 3. The highest BCUT2D eigenvalue weighted by Gasteiger charge is 2.32. The Balaban J connectivity index is 2.00. The lowest BCUT2D eigenvalue weighted by Gasteiger charge is -2.31. The zero-order chi connectivity index (χ0) is 21.9. The second-order valence-electron chi connectivity index (χ2n) is 8.38. The minimum absolute atomic E-state index is 0.177. The average molecular weight is 413 g/mol. The van der Waals surface area contributed by atoms with Crippen LogP contribution in [0.2, 0.25) is 0 Å². The summed E-state index contributed by atoms with van der Waals surface area (Å²) in [5.41, 5.74) is 8.04. The zero-order valence-corrected chi connectivity index (χ0v) is 18.4. The Kier molecular flexibility index (Phi) is 9.84. The third-order valence-corrected chi connectivity index (χ3v) is 5.52. The van der Waals surface area contributed by atoms with Gasteiger partial charge in [0, 0.05) is 19.0 Å². The molecule has 164 valence electrons. The number of methoxy groups -OCH3 is 1. The molecule has 2 rings (SSSR count). The third-order valence-electron chi connectivity index (χ3n) is 5.52. The van der Waals surface area contributed by atoms with Crippen LogP contribution in [0.5, 0.6) is 5.75 Å². The number of ether oxygens (including phenoxy) is 1. The van der Waals surface area contributed by atoms with E-state index >= 15 is 0 Å². The molecule has 2 aromatic rings. The number of carbonyl (C=O) groups excluding carboxylic acids is 1. The van der Waals surface area contributed by atoms with Crippen LogP contribution in [-0.2, 0) is 17.8 Å². The van der Waals surface area contributed by atoms with Crippen LogP contribution in [0, 0.1) is 17.8 Å². The lowest BCUT2D eigenvalue weighted by Crippen LogP contribution is -2.42. The highest BCUT2D eigenvalue weighted by Crippen LogP contribution is 2.28. The van der Waals surface area contributed by atoms with Crippen molar-refractivity contribution in [2.45, 2.75) is 45.8 Å². The van der Waals surface area contributed by atoms with E-state index < -0.39 is 6.10 Å². The zero-order valence-electron chi connectivity index (χ0n) is 18.4. The van der Waals surface area contributed by atoms with Crippen LogP contribution in [0.4, 0.5) is 0 Å². The topological polar surface area (TPSA) is 84.6 Å². The largest absolute Gasteiger partial charge is 0.497 e. The summed E-state index contributed by atoms with van der Waals surface area (Å²) in [5, 5.41) is 14.3. The number of aliphatic hydroxyl groups is 1. The highest BCUT2D eigenvalue weighted by atomic mass is 16.5. The van der Waals surface area contributed by atoms with Crippen LogP contribution in [0.3, 0.4) is 0 Å². The molecule has 0 heterocycles. The summed E-state index contributed by atoms with van der Waals surface area (Å²) in [6, 6.07) is 17.9. The van der Waals surface area contributed by atoms with Crippen molar-refractivity contribution in [2.75, 3.05) is 13.7 Å². The van der Waals surface area contributed by atoms with E-state index in [1.807, 2.05) is 42.5 Å². The number of primary amides is 1. The van der Waals surface area contributed by atoms with E-state index in [0.717, 1.165) is 24.2 Å². The Hall–Kier alpha value is -2.37. The van der Waals surface area contributed by atoms with Gasteiger partial charge in [-0.05, 0) is 54.4 Å². The van der Waals surface area contributed by atoms with Crippen LogP contribution in [-0.4, -0.2) is 30.8 Å². The Morgan fingerprint density at radius 3 is 2.43 bits per heavy atom. The minimum Gasteiger partial charge on any atom is -0.497 e. The van der Waals surface area contributed by atoms with Crippen LogP contribution in [0.1, 0.15) is 37.8 Å². The van der Waals surface area contributed by atoms with Crippen molar-refractivity contribution >= 4 is 5.91 Å². The number of hydrogen-bond acceptors (Lipinski definition) is 4. The molecule has 0 aromatic heterocycles. The maximum Gasteiger partial charge on any atom is 0.220 e. The molecule has 0 saturated carbocycles. The maximum absolute atomic E-state index is 12.3. The van der Waals surface area contributed by atoms with Gasteiger partial charge in [-0.1, -0.05) is 56.3 Å². The van der Waals surface area contributed by atoms with Crippen molar-refractivity contribution in [1.82, 2.24) is 5.32 Å². The van der Waals surface area contributed by atoms with E-state index in [4.69, 9.17) is 10.5 Å². The Morgan fingerprint density at radius 2 is 1.80 bits per heavy atom. The first-order valence-electron chi connectivity index (χ1n) is 10.8. The van der Waals surface area contributed by atoms with E-state index in [-0.39, 0.29) is 17.7 Å². The molecule has 0 spiro atoms. The van der Waals surface area contributed by atoms with E-state index in [1.54, 1.807) is 7.11 Å². The number of carbonyl (C=O) groups is 1. The van der Waals surface area contributed by atoms with Gasteiger partial charge in [-0.25, -0.2) is 0 Å². The first-order chi connectivity index (χ1) is 14.4. The molecule has 1 unspecified atom stereocenters. The first kappa shape index (κ1) is 23.9. The molecule has 3 atom stereocenters. The summed E-state index contributed by atoms with van der Waals surface area (Å²) in [6.07, 6.45) is 1.52. The minimum atomic E-state index is -0.647. The molecular weight excluding hydrogens is 376 g/mol. The van der Waals surface area contributed by atoms with Gasteiger partial charge in [0.05, 0.1) is 13.2 Å². The smallest absolute Gasteiger partial charge is 0.220 e. The van der Waals surface area contributed by atoms with E-state index in [2.05, 4.69) is 31.3 Å². The number of amides is 1. The molecular formula is C25H36N2O3. The summed E-state index contributed by atoms with van der Waals surface area (Å²) in [7, 11) is 1.65. The number of nitrogens with one attached hydrogen (secondary N) is 1. The normalized spacial score (nSPS) is 14.3. The molecule has 0 fully saturated rings. The second-order valence-corrected chi connectivity index (χ2v) is 8.38. The Bertz CT molecular complexity index is 764. The van der Waals surface area contributed by atoms with Gasteiger partial charge in [-0.15, -0.1) is 0 Å². The lowest BCUT2D eigenvalue weighted by molar-refractivity contribution is -0.125. The van der Waals surface area contributed by atoms with Crippen LogP contribution in [0.15, 0.2) is 54.6 Å². The van der Waals surface area contributed by atoms with Crippen molar-refractivity contribution in [2.24, 2.45) is 23.5 Å². The number of benzene rings is 2. The maximum atomic E-state index is 12.3. The van der Waals surface area contributed by atoms with E-state index in [0.29, 0.717) is 25.4 Å². The molecule has 0 aliphatic rings. The summed E-state index contributed by atoms with van der Waals surface area (Å²) < 4.78 is 5.26. The van der Waals surface area contributed by atoms with Crippen molar-refractivity contribution in [1.29, 1.82) is 0 Å². The van der Waals surface area contributed by atoms with Gasteiger partial charge in [0.15, 0.2) is 0 Å². The molecule has 0 saturated heterocycles. The monoisotopic (exact) mass is 412 g/mol. The fourth-order valence-corrected chi connectivity index (χ4v) is 3.97. The highest BCUT2D eigenvalue weighted by molar-refractivity contribution is 5.77. The predicted molar refractivity (Wildman–Crippen MR) is 121 cm³/mol. The SMILES string of the molecule is COc1cccc(CNCC(O)[C@H](CC(C)C)[C@H](CCc2ccccc2)C(N)=O)c1. The molecule has 0 radical (unpaired) electrons. The van der Waals surface area contributed by atoms with Crippen molar-refractivity contribution < 1.29 is 14.6 Å². The summed E-state index contributed by atoms with van der Waals surface area (Å²) in [4.78, 5) is 12.3. The summed E-state index contributed by atoms with van der Waals surface area (Å²) in [5.74, 6) is 0.303. The molecule has 0 aliphatic carbocycles. The van der Waals surface area contributed by atoms with Gasteiger partial charge < -0.3 is 20.9 Å². The average Bonchev–Trinajstić information content (AvgIpc) is 2.73. The van der Waals surface area contributed by atoms with E-state index in [9.17, 15) is 9.90 Å². The summed E-state index contributed by atoms with van der Waals surface area (Å²) >= 11 is 0. The van der Waals surface area contributed by atoms with Gasteiger partial charge >= 0.3 is 0 Å². The Labute approximate surface area is 180 Å². The molecule has 2 aromatic carbocycles. The molecule has 1 amide bonds. The second kappa shape index (κ2) is 12.4. The van der Waals surface area contributed by atoms with Crippen molar-refractivity contribution in [3.8, 4) is 5.75 Å². The number of nitrogens with two attached hydrogens (primary N) is 1. The number of rotatable bonds is 13. The fraction of sp³-hybridized carbons (Fsp3) is 0.480. The van der Waals surface area contributed by atoms with Crippen LogP contribution in [0.25, 0.3) is 0 Å². The van der Waals surface area contributed by atoms with Gasteiger partial charge in [0.2, 0.25) is 5.91 Å². The van der Waals surface area contributed by atoms with Gasteiger partial charge in [0.1, 0.15) is 5.75 Å². The van der Waals surface area contributed by atoms with E-state index in [1.165, 1.54) is 5.56 Å². The Morgan fingerprint density at radius 1 is 1.10 bits per heavy atom. The number of aryl methyl sites for hydroxylation is 1. The summed E-state index contributed by atoms with van der Waals surface area (Å²) in [6.45, 7) is 5.24. The molecule has 4 N–H and O–H groups in total. The first-order valence-corrected chi connectivity index (χ1v) is 10.8. The molecule has 30 heavy (non-hydrogen) atoms. The van der Waals surface area contributed by atoms with Crippen LogP contribution >= 0.6 is 0 Å². The molecule has 0 aliphatic heterocycles. The van der Waals surface area contributed by atoms with Crippen LogP contribution < -0.4 is 15.8 Å². The van der Waals surface area contributed by atoms with Crippen molar-refractivity contribution in [3.63, 3.8) is 0 Å². The van der Waals surface area contributed by atoms with Gasteiger partial charge in [0.25, 0.3) is 0 Å². The standard InChI is InChI=1S/C25H36N2O3/c1-18(2)14-23(22(25(26)29)13-12-19-8-5-4-6-9-19)24(28)17-27-16-20-10-7-11-21(15-20)30-3/h4-11,15,18,22-24,27-28H,12-14,16-17H2,1-3H3,(H2,26,29)/t22-,23+,24?/m0/s1. The molecule has 5 heteroatoms. The van der Waals surface area contributed by atoms with Crippen molar-refractivity contribution in [3.05, 3.63) is 65.7 Å². The predicted octanol–water partition coefficient (Wildman–Crippen LogP) is 3.54. The molecule has 5 nitrogen and oxygen atoms in total. The lowest BCUT2D eigenvalue weighted by atomic mass is 9.78. The number of aliphatic hydroxyl groups excluding tert-OH is 1. The fourth-order valence-electron chi connectivity index (χ4n) is 3.97. The third kappa shape index (κ3) is 7.81. The molecule has 0 bridgehead atoms.